The van der Waals surface area contributed by atoms with Gasteiger partial charge in [0.1, 0.15) is 0 Å². The largest absolute Gasteiger partial charge is 0.0616 e. The molecule has 21 aromatic carbocycles. The zero-order valence-corrected chi connectivity index (χ0v) is 44.2. The maximum atomic E-state index is 2.51. The van der Waals surface area contributed by atoms with E-state index < -0.39 is 0 Å². The third-order valence-electron chi connectivity index (χ3n) is 19.9. The first-order chi connectivity index (χ1) is 40.8. The van der Waals surface area contributed by atoms with Gasteiger partial charge in [0.05, 0.1) is 0 Å². The Morgan fingerprint density at radius 1 is 0.110 bits per heavy atom. The number of hydrogen-bond acceptors (Lipinski definition) is 0. The van der Waals surface area contributed by atoms with Gasteiger partial charge in [0, 0.05) is 0 Å². The average molecular weight is 1030 g/mol. The molecule has 0 nitrogen and oxygen atoms in total. The molecule has 370 valence electrons. The first-order valence-corrected chi connectivity index (χ1v) is 28.9. The van der Waals surface area contributed by atoms with Crippen molar-refractivity contribution < 1.29 is 0 Å². The van der Waals surface area contributed by atoms with Gasteiger partial charge in [0.25, 0.3) is 0 Å². The van der Waals surface area contributed by atoms with Crippen molar-refractivity contribution in [3.05, 3.63) is 255 Å². The van der Waals surface area contributed by atoms with Crippen LogP contribution in [0.3, 0.4) is 0 Å². The summed E-state index contributed by atoms with van der Waals surface area (Å²) in [4.78, 5) is 0. The SMILES string of the molecule is c1ccc2c(-c3c4c5cccc6cccc(c4c(-c4cccc7ccccc47)c4c7ccc8c9ccc%10c%11c(ccc(c%12ccc(c34)c7c%128)c9%11)c3c(-c4cccc7ccccc47)c4cccc7c8ccccc8c(c47)c%103)c65)cccc2c1. The van der Waals surface area contributed by atoms with Crippen LogP contribution in [-0.4, -0.2) is 0 Å². The lowest BCUT2D eigenvalue weighted by atomic mass is 9.84. The van der Waals surface area contributed by atoms with Crippen molar-refractivity contribution >= 4 is 183 Å². The first-order valence-electron chi connectivity index (χ1n) is 28.9. The highest BCUT2D eigenvalue weighted by atomic mass is 14.3. The lowest BCUT2D eigenvalue weighted by molar-refractivity contribution is 1.72. The molecule has 21 rings (SSSR count). The van der Waals surface area contributed by atoms with Crippen LogP contribution in [0.2, 0.25) is 0 Å². The maximum absolute atomic E-state index is 2.51. The van der Waals surface area contributed by atoms with Gasteiger partial charge in [-0.3, -0.25) is 0 Å². The molecule has 0 aliphatic rings. The Labute approximate surface area is 468 Å². The Morgan fingerprint density at radius 3 is 0.841 bits per heavy atom. The Balaban J connectivity index is 0.977. The van der Waals surface area contributed by atoms with E-state index in [-0.39, 0.29) is 0 Å². The molecular formula is C82H42. The van der Waals surface area contributed by atoms with Crippen molar-refractivity contribution in [3.63, 3.8) is 0 Å². The predicted octanol–water partition coefficient (Wildman–Crippen LogP) is 23.5. The molecule has 0 unspecified atom stereocenters. The minimum absolute atomic E-state index is 1.25. The lowest BCUT2D eigenvalue weighted by Gasteiger charge is -2.18. The molecule has 0 aliphatic carbocycles. The second kappa shape index (κ2) is 14.8. The molecule has 0 spiro atoms. The highest BCUT2D eigenvalue weighted by Gasteiger charge is 2.32. The van der Waals surface area contributed by atoms with Crippen LogP contribution < -0.4 is 0 Å². The summed E-state index contributed by atoms with van der Waals surface area (Å²) < 4.78 is 0. The van der Waals surface area contributed by atoms with Gasteiger partial charge < -0.3 is 0 Å². The number of rotatable bonds is 3. The zero-order chi connectivity index (χ0) is 52.8. The molecule has 0 N–H and O–H groups in total. The average Bonchev–Trinajstić information content (AvgIpc) is 1.64. The van der Waals surface area contributed by atoms with E-state index in [2.05, 4.69) is 255 Å². The van der Waals surface area contributed by atoms with E-state index in [1.165, 1.54) is 217 Å². The third kappa shape index (κ3) is 4.89. The van der Waals surface area contributed by atoms with Gasteiger partial charge in [-0.05, 0) is 217 Å². The Bertz CT molecular complexity index is 6180. The fraction of sp³-hybridized carbons (Fsp3) is 0. The Kier molecular flexibility index (Phi) is 7.62. The van der Waals surface area contributed by atoms with Crippen molar-refractivity contribution in [2.75, 3.05) is 0 Å². The summed E-state index contributed by atoms with van der Waals surface area (Å²) >= 11 is 0. The molecule has 0 saturated carbocycles. The van der Waals surface area contributed by atoms with Crippen molar-refractivity contribution in [3.8, 4) is 33.4 Å². The van der Waals surface area contributed by atoms with E-state index in [1.807, 2.05) is 0 Å². The third-order valence-corrected chi connectivity index (χ3v) is 19.9. The summed E-state index contributed by atoms with van der Waals surface area (Å²) in [5, 5.41) is 45.0. The lowest BCUT2D eigenvalue weighted by Crippen LogP contribution is -1.90. The number of hydrogen-bond donors (Lipinski definition) is 0. The second-order valence-electron chi connectivity index (χ2n) is 23.5. The maximum Gasteiger partial charge on any atom is -0.000695 e. The number of benzene rings is 17. The normalized spacial score (nSPS) is 12.9. The van der Waals surface area contributed by atoms with Crippen LogP contribution >= 0.6 is 0 Å². The van der Waals surface area contributed by atoms with Gasteiger partial charge in [-0.25, -0.2) is 0 Å². The minimum atomic E-state index is 1.25. The molecule has 82 heavy (non-hydrogen) atoms. The summed E-state index contributed by atoms with van der Waals surface area (Å²) in [7, 11) is 0. The van der Waals surface area contributed by atoms with Gasteiger partial charge >= 0.3 is 0 Å². The molecule has 0 fully saturated rings. The van der Waals surface area contributed by atoms with Crippen LogP contribution in [0.15, 0.2) is 255 Å². The molecule has 0 bridgehead atoms. The molecule has 0 saturated heterocycles. The van der Waals surface area contributed by atoms with Crippen molar-refractivity contribution in [1.82, 2.24) is 0 Å². The Morgan fingerprint density at radius 2 is 0.354 bits per heavy atom. The van der Waals surface area contributed by atoms with Crippen molar-refractivity contribution in [1.29, 1.82) is 0 Å². The molecule has 0 heteroatoms. The molecule has 0 aliphatic heterocycles. The fourth-order valence-corrected chi connectivity index (χ4v) is 17.0. The zero-order valence-electron chi connectivity index (χ0n) is 44.2. The smallest absolute Gasteiger partial charge is 0.000695 e. The van der Waals surface area contributed by atoms with E-state index >= 15 is 0 Å². The summed E-state index contributed by atoms with van der Waals surface area (Å²) in [6, 6.07) is 97.9. The summed E-state index contributed by atoms with van der Waals surface area (Å²) in [5.74, 6) is 0. The standard InChI is InChI=1S/C82H42/c1-4-23-47-43(15-1)18-9-28-51(47)70-62-34-14-31-54-50-26-7-8-27-55(50)74(71(54)62)80-64-40-36-57-59-38-42-66-73-65(41-37-58(69(59)73)56-35-39-63(77(70)80)72(64)68(56)57)81-75(52-29-10-19-44-16-2-5-24-48(44)52)78-60-32-12-21-46-22-13-33-61(67(46)60)79(78)76(82(66)81)53-30-11-20-45-17-3-6-25-49(45)53/h1-42H. The Hall–Kier alpha value is -10.7. The summed E-state index contributed by atoms with van der Waals surface area (Å²) in [6.07, 6.45) is 0. The molecule has 0 amide bonds. The van der Waals surface area contributed by atoms with E-state index in [9.17, 15) is 0 Å². The fourth-order valence-electron chi connectivity index (χ4n) is 17.0. The van der Waals surface area contributed by atoms with Crippen LogP contribution in [-0.2, 0) is 0 Å². The highest BCUT2D eigenvalue weighted by Crippen LogP contribution is 2.60. The van der Waals surface area contributed by atoms with Crippen LogP contribution in [0.4, 0.5) is 0 Å². The molecule has 0 atom stereocenters. The quantitative estimate of drug-likeness (QED) is 0.122. The second-order valence-corrected chi connectivity index (χ2v) is 23.5. The minimum Gasteiger partial charge on any atom is -0.0616 e. The monoisotopic (exact) mass is 1030 g/mol. The summed E-state index contributed by atoms with van der Waals surface area (Å²) in [5.41, 5.74) is 7.82. The van der Waals surface area contributed by atoms with Crippen LogP contribution in [0.1, 0.15) is 0 Å². The molecular weight excluding hydrogens is 985 g/mol. The highest BCUT2D eigenvalue weighted by molar-refractivity contribution is 6.54. The summed E-state index contributed by atoms with van der Waals surface area (Å²) in [6.45, 7) is 0. The van der Waals surface area contributed by atoms with Gasteiger partial charge in [-0.1, -0.05) is 255 Å². The van der Waals surface area contributed by atoms with Crippen LogP contribution in [0.25, 0.3) is 217 Å². The van der Waals surface area contributed by atoms with Crippen molar-refractivity contribution in [2.45, 2.75) is 0 Å². The van der Waals surface area contributed by atoms with Gasteiger partial charge in [0.2, 0.25) is 0 Å². The van der Waals surface area contributed by atoms with Crippen LogP contribution in [0, 0.1) is 0 Å². The predicted molar refractivity (Wildman–Crippen MR) is 356 cm³/mol. The van der Waals surface area contributed by atoms with Gasteiger partial charge in [-0.15, -0.1) is 0 Å². The van der Waals surface area contributed by atoms with E-state index in [1.54, 1.807) is 0 Å². The molecule has 0 heterocycles. The van der Waals surface area contributed by atoms with Gasteiger partial charge in [0.15, 0.2) is 0 Å². The van der Waals surface area contributed by atoms with Crippen molar-refractivity contribution in [2.24, 2.45) is 0 Å². The van der Waals surface area contributed by atoms with E-state index in [0.717, 1.165) is 0 Å². The van der Waals surface area contributed by atoms with E-state index in [0.29, 0.717) is 0 Å². The molecule has 0 aromatic heterocycles. The first kappa shape index (κ1) is 42.3. The molecule has 0 radical (unpaired) electrons. The molecule has 21 aromatic rings. The topological polar surface area (TPSA) is 0 Å². The number of fused-ring (bicyclic) bond motifs is 18. The van der Waals surface area contributed by atoms with Gasteiger partial charge in [-0.2, -0.15) is 0 Å². The van der Waals surface area contributed by atoms with E-state index in [4.69, 9.17) is 0 Å². The van der Waals surface area contributed by atoms with Crippen LogP contribution in [0.5, 0.6) is 0 Å².